The van der Waals surface area contributed by atoms with Crippen molar-refractivity contribution in [3.05, 3.63) is 94.3 Å². The molecule has 0 aliphatic heterocycles. The molecule has 0 fully saturated rings. The number of nitrogens with zero attached hydrogens (tertiary/aromatic N) is 2. The number of nitriles is 1. The highest BCUT2D eigenvalue weighted by atomic mass is 32.1. The van der Waals surface area contributed by atoms with Gasteiger partial charge < -0.3 is 10.1 Å². The predicted molar refractivity (Wildman–Crippen MR) is 128 cm³/mol. The number of ether oxygens (including phenoxy) is 1. The maximum Gasteiger partial charge on any atom is 0.251 e. The molecule has 4 rings (SSSR count). The molecule has 32 heavy (non-hydrogen) atoms. The van der Waals surface area contributed by atoms with Gasteiger partial charge in [-0.2, -0.15) is 5.26 Å². The molecule has 1 N–H and O–H groups in total. The minimum atomic E-state index is -0.206. The second-order valence-corrected chi connectivity index (χ2v) is 8.03. The van der Waals surface area contributed by atoms with Crippen LogP contribution in [0.1, 0.15) is 22.6 Å². The molecular formula is C26H21N3O2S. The number of thiophene rings is 1. The topological polar surface area (TPSA) is 75.0 Å². The Bertz CT molecular complexity index is 1270. The molecule has 0 saturated heterocycles. The number of carbonyl (C=O) groups excluding carboxylic acids is 1. The molecular weight excluding hydrogens is 418 g/mol. The van der Waals surface area contributed by atoms with E-state index < -0.39 is 0 Å². The fraction of sp³-hybridized carbons (Fsp3) is 0.115. The van der Waals surface area contributed by atoms with Gasteiger partial charge in [0, 0.05) is 22.4 Å². The zero-order valence-electron chi connectivity index (χ0n) is 17.3. The second-order valence-electron chi connectivity index (χ2n) is 7.05. The average Bonchev–Trinajstić information content (AvgIpc) is 3.35. The Balaban J connectivity index is 1.48. The van der Waals surface area contributed by atoms with Crippen LogP contribution in [-0.2, 0) is 11.4 Å². The van der Waals surface area contributed by atoms with Crippen molar-refractivity contribution in [2.24, 2.45) is 0 Å². The van der Waals surface area contributed by atoms with Gasteiger partial charge in [-0.3, -0.25) is 4.79 Å². The number of rotatable bonds is 8. The lowest BCUT2D eigenvalue weighted by atomic mass is 10.0. The molecule has 2 aromatic carbocycles. The SMILES string of the molecule is N#CCCNC(=O)/C(=C/c1cccs1)c1ccc(OCc2ccc3ccccc3n2)cc1. The van der Waals surface area contributed by atoms with Gasteiger partial charge in [-0.25, -0.2) is 4.98 Å². The van der Waals surface area contributed by atoms with Crippen molar-refractivity contribution in [3.63, 3.8) is 0 Å². The number of para-hydroxylation sites is 1. The number of carbonyl (C=O) groups is 1. The van der Waals surface area contributed by atoms with E-state index in [0.717, 1.165) is 27.0 Å². The molecule has 158 valence electrons. The van der Waals surface area contributed by atoms with Crippen molar-refractivity contribution in [1.29, 1.82) is 5.26 Å². The minimum Gasteiger partial charge on any atom is -0.487 e. The monoisotopic (exact) mass is 439 g/mol. The molecule has 0 unspecified atom stereocenters. The summed E-state index contributed by atoms with van der Waals surface area (Å²) in [7, 11) is 0. The van der Waals surface area contributed by atoms with Gasteiger partial charge in [0.05, 0.1) is 23.7 Å². The molecule has 1 amide bonds. The van der Waals surface area contributed by atoms with E-state index in [9.17, 15) is 4.79 Å². The molecule has 2 aromatic heterocycles. The summed E-state index contributed by atoms with van der Waals surface area (Å²) in [5.41, 5.74) is 3.12. The van der Waals surface area contributed by atoms with E-state index in [1.54, 1.807) is 11.3 Å². The fourth-order valence-corrected chi connectivity index (χ4v) is 3.86. The Kier molecular flexibility index (Phi) is 6.91. The molecule has 0 spiro atoms. The third-order valence-corrected chi connectivity index (χ3v) is 5.62. The summed E-state index contributed by atoms with van der Waals surface area (Å²) in [5.74, 6) is 0.492. The number of fused-ring (bicyclic) bond motifs is 1. The van der Waals surface area contributed by atoms with E-state index in [4.69, 9.17) is 10.00 Å². The molecule has 0 saturated carbocycles. The van der Waals surface area contributed by atoms with Gasteiger partial charge in [-0.1, -0.05) is 42.5 Å². The Morgan fingerprint density at radius 1 is 1.06 bits per heavy atom. The van der Waals surface area contributed by atoms with Gasteiger partial charge in [0.25, 0.3) is 5.91 Å². The van der Waals surface area contributed by atoms with E-state index in [1.165, 1.54) is 0 Å². The van der Waals surface area contributed by atoms with E-state index in [2.05, 4.69) is 10.3 Å². The summed E-state index contributed by atoms with van der Waals surface area (Å²) in [5, 5.41) is 14.6. The van der Waals surface area contributed by atoms with Crippen LogP contribution in [0.2, 0.25) is 0 Å². The summed E-state index contributed by atoms with van der Waals surface area (Å²) in [4.78, 5) is 18.3. The fourth-order valence-electron chi connectivity index (χ4n) is 3.20. The summed E-state index contributed by atoms with van der Waals surface area (Å²) in [6.07, 6.45) is 2.13. The Morgan fingerprint density at radius 2 is 1.91 bits per heavy atom. The molecule has 0 aliphatic rings. The van der Waals surface area contributed by atoms with Crippen LogP contribution in [0.25, 0.3) is 22.6 Å². The summed E-state index contributed by atoms with van der Waals surface area (Å²) in [6.45, 7) is 0.674. The maximum atomic E-state index is 12.7. The number of amides is 1. The van der Waals surface area contributed by atoms with Crippen LogP contribution in [0.5, 0.6) is 5.75 Å². The van der Waals surface area contributed by atoms with Crippen LogP contribution in [0.15, 0.2) is 78.2 Å². The number of nitrogens with one attached hydrogen (secondary N) is 1. The van der Waals surface area contributed by atoms with Gasteiger partial charge >= 0.3 is 0 Å². The maximum absolute atomic E-state index is 12.7. The standard InChI is InChI=1S/C26H21N3O2S/c27-14-4-15-28-26(30)24(17-23-6-3-16-32-23)19-9-12-22(13-10-19)31-18-21-11-8-20-5-1-2-7-25(20)29-21/h1-3,5-13,16-17H,4,15,18H2,(H,28,30)/b24-17+. The van der Waals surface area contributed by atoms with E-state index in [0.29, 0.717) is 24.5 Å². The highest BCUT2D eigenvalue weighted by molar-refractivity contribution is 7.11. The van der Waals surface area contributed by atoms with Crippen molar-refractivity contribution in [2.45, 2.75) is 13.0 Å². The molecule has 0 bridgehead atoms. The minimum absolute atomic E-state index is 0.206. The largest absolute Gasteiger partial charge is 0.487 e. The van der Waals surface area contributed by atoms with Crippen molar-refractivity contribution < 1.29 is 9.53 Å². The van der Waals surface area contributed by atoms with Crippen molar-refractivity contribution in [3.8, 4) is 11.8 Å². The first-order valence-electron chi connectivity index (χ1n) is 10.2. The van der Waals surface area contributed by atoms with Gasteiger partial charge in [-0.05, 0) is 47.4 Å². The lowest BCUT2D eigenvalue weighted by Gasteiger charge is -2.10. The van der Waals surface area contributed by atoms with Crippen LogP contribution >= 0.6 is 11.3 Å². The first-order valence-corrected chi connectivity index (χ1v) is 11.1. The predicted octanol–water partition coefficient (Wildman–Crippen LogP) is 5.45. The zero-order valence-corrected chi connectivity index (χ0v) is 18.1. The molecule has 4 aromatic rings. The first kappa shape index (κ1) is 21.3. The van der Waals surface area contributed by atoms with Gasteiger partial charge in [-0.15, -0.1) is 11.3 Å². The summed E-state index contributed by atoms with van der Waals surface area (Å²) < 4.78 is 5.91. The number of hydrogen-bond donors (Lipinski definition) is 1. The number of pyridine rings is 1. The molecule has 2 heterocycles. The third-order valence-electron chi connectivity index (χ3n) is 4.80. The zero-order chi connectivity index (χ0) is 22.2. The van der Waals surface area contributed by atoms with Crippen LogP contribution in [0.4, 0.5) is 0 Å². The molecule has 0 aliphatic carbocycles. The number of benzene rings is 2. The van der Waals surface area contributed by atoms with Gasteiger partial charge in [0.15, 0.2) is 0 Å². The average molecular weight is 440 g/mol. The van der Waals surface area contributed by atoms with Gasteiger partial charge in [0.2, 0.25) is 0 Å². The van der Waals surface area contributed by atoms with E-state index >= 15 is 0 Å². The quantitative estimate of drug-likeness (QED) is 0.293. The summed E-state index contributed by atoms with van der Waals surface area (Å²) >= 11 is 1.56. The van der Waals surface area contributed by atoms with Crippen molar-refractivity contribution in [1.82, 2.24) is 10.3 Å². The van der Waals surface area contributed by atoms with Crippen LogP contribution in [0, 0.1) is 11.3 Å². The smallest absolute Gasteiger partial charge is 0.251 e. The highest BCUT2D eigenvalue weighted by Crippen LogP contribution is 2.24. The van der Waals surface area contributed by atoms with Crippen LogP contribution in [-0.4, -0.2) is 17.4 Å². The normalized spacial score (nSPS) is 11.2. The Labute approximate surface area is 190 Å². The third kappa shape index (κ3) is 5.39. The highest BCUT2D eigenvalue weighted by Gasteiger charge is 2.13. The Hall–Kier alpha value is -3.95. The molecule has 5 nitrogen and oxygen atoms in total. The van der Waals surface area contributed by atoms with Crippen molar-refractivity contribution >= 4 is 39.8 Å². The lowest BCUT2D eigenvalue weighted by Crippen LogP contribution is -2.25. The number of aromatic nitrogens is 1. The van der Waals surface area contributed by atoms with Crippen molar-refractivity contribution in [2.75, 3.05) is 6.54 Å². The molecule has 0 radical (unpaired) electrons. The Morgan fingerprint density at radius 3 is 2.69 bits per heavy atom. The molecule has 0 atom stereocenters. The summed E-state index contributed by atoms with van der Waals surface area (Å²) in [6, 6.07) is 25.4. The van der Waals surface area contributed by atoms with Crippen LogP contribution in [0.3, 0.4) is 0 Å². The lowest BCUT2D eigenvalue weighted by molar-refractivity contribution is -0.115. The van der Waals surface area contributed by atoms with Gasteiger partial charge in [0.1, 0.15) is 12.4 Å². The van der Waals surface area contributed by atoms with E-state index in [-0.39, 0.29) is 12.3 Å². The second kappa shape index (κ2) is 10.4. The van der Waals surface area contributed by atoms with E-state index in [1.807, 2.05) is 90.3 Å². The first-order chi connectivity index (χ1) is 15.7. The number of hydrogen-bond acceptors (Lipinski definition) is 5. The molecule has 6 heteroatoms. The van der Waals surface area contributed by atoms with Crippen LogP contribution < -0.4 is 10.1 Å².